The van der Waals surface area contributed by atoms with Gasteiger partial charge in [0.2, 0.25) is 0 Å². The van der Waals surface area contributed by atoms with E-state index in [9.17, 15) is 4.79 Å². The van der Waals surface area contributed by atoms with Gasteiger partial charge in [-0.15, -0.1) is 0 Å². The van der Waals surface area contributed by atoms with Crippen molar-refractivity contribution in [1.29, 1.82) is 0 Å². The highest BCUT2D eigenvalue weighted by molar-refractivity contribution is 6.33. The lowest BCUT2D eigenvalue weighted by Gasteiger charge is -2.17. The lowest BCUT2D eigenvalue weighted by Crippen LogP contribution is -2.29. The summed E-state index contributed by atoms with van der Waals surface area (Å²) >= 11 is 6.09. The van der Waals surface area contributed by atoms with Crippen LogP contribution in [0, 0.1) is 5.92 Å². The third kappa shape index (κ3) is 3.18. The number of pyridine rings is 1. The summed E-state index contributed by atoms with van der Waals surface area (Å²) in [5, 5.41) is 3.35. The van der Waals surface area contributed by atoms with Gasteiger partial charge in [-0.2, -0.15) is 0 Å². The Morgan fingerprint density at radius 1 is 1.58 bits per heavy atom. The van der Waals surface area contributed by atoms with Crippen LogP contribution in [-0.4, -0.2) is 35.9 Å². The maximum atomic E-state index is 12.4. The van der Waals surface area contributed by atoms with Gasteiger partial charge in [0.25, 0.3) is 5.91 Å². The van der Waals surface area contributed by atoms with Gasteiger partial charge in [0.1, 0.15) is 11.5 Å². The molecule has 1 aromatic rings. The molecule has 104 valence electrons. The van der Waals surface area contributed by atoms with Crippen LogP contribution in [0.25, 0.3) is 0 Å². The minimum atomic E-state index is -0.0549. The number of anilines is 1. The maximum absolute atomic E-state index is 12.4. The standard InChI is InChI=1S/C14H20ClN3O/c1-3-4-10-7-8-18(9-10)14(19)13-11(15)5-6-12(16-2)17-13/h5-6,10H,3-4,7-9H2,1-2H3,(H,16,17). The van der Waals surface area contributed by atoms with Crippen LogP contribution in [-0.2, 0) is 0 Å². The molecule has 1 N–H and O–H groups in total. The molecular weight excluding hydrogens is 262 g/mol. The third-order valence-electron chi connectivity index (χ3n) is 3.57. The Balaban J connectivity index is 2.12. The number of carbonyl (C=O) groups excluding carboxylic acids is 1. The third-order valence-corrected chi connectivity index (χ3v) is 3.88. The second kappa shape index (κ2) is 6.24. The molecule has 1 fully saturated rings. The molecular formula is C14H20ClN3O. The van der Waals surface area contributed by atoms with Gasteiger partial charge >= 0.3 is 0 Å². The van der Waals surface area contributed by atoms with E-state index in [1.807, 2.05) is 4.90 Å². The first-order valence-corrected chi connectivity index (χ1v) is 7.17. The lowest BCUT2D eigenvalue weighted by molar-refractivity contribution is 0.0781. The Kier molecular flexibility index (Phi) is 4.64. The van der Waals surface area contributed by atoms with Crippen LogP contribution in [0.15, 0.2) is 12.1 Å². The zero-order valence-corrected chi connectivity index (χ0v) is 12.2. The van der Waals surface area contributed by atoms with Crippen LogP contribution < -0.4 is 5.32 Å². The molecule has 1 unspecified atom stereocenters. The molecule has 1 aliphatic heterocycles. The van der Waals surface area contributed by atoms with Crippen molar-refractivity contribution in [2.45, 2.75) is 26.2 Å². The molecule has 0 aliphatic carbocycles. The molecule has 1 atom stereocenters. The number of carbonyl (C=O) groups is 1. The van der Waals surface area contributed by atoms with Crippen LogP contribution in [0.5, 0.6) is 0 Å². The Morgan fingerprint density at radius 3 is 3.05 bits per heavy atom. The quantitative estimate of drug-likeness (QED) is 0.923. The number of hydrogen-bond acceptors (Lipinski definition) is 3. The number of hydrogen-bond donors (Lipinski definition) is 1. The number of nitrogens with one attached hydrogen (secondary N) is 1. The summed E-state index contributed by atoms with van der Waals surface area (Å²) in [6.45, 7) is 3.82. The van der Waals surface area contributed by atoms with Gasteiger partial charge in [-0.25, -0.2) is 4.98 Å². The number of amides is 1. The smallest absolute Gasteiger partial charge is 0.274 e. The van der Waals surface area contributed by atoms with Gasteiger partial charge in [-0.3, -0.25) is 4.79 Å². The first-order chi connectivity index (χ1) is 9.15. The van der Waals surface area contributed by atoms with Gasteiger partial charge in [0.15, 0.2) is 0 Å². The average molecular weight is 282 g/mol. The van der Waals surface area contributed by atoms with E-state index in [1.54, 1.807) is 19.2 Å². The molecule has 0 radical (unpaired) electrons. The van der Waals surface area contributed by atoms with Crippen molar-refractivity contribution < 1.29 is 4.79 Å². The molecule has 2 rings (SSSR count). The summed E-state index contributed by atoms with van der Waals surface area (Å²) in [5.41, 5.74) is 0.352. The molecule has 2 heterocycles. The monoisotopic (exact) mass is 281 g/mol. The van der Waals surface area contributed by atoms with Gasteiger partial charge in [-0.1, -0.05) is 24.9 Å². The fourth-order valence-corrected chi connectivity index (χ4v) is 2.73. The van der Waals surface area contributed by atoms with Gasteiger partial charge in [-0.05, 0) is 30.9 Å². The van der Waals surface area contributed by atoms with Crippen molar-refractivity contribution in [3.05, 3.63) is 22.8 Å². The predicted octanol–water partition coefficient (Wildman–Crippen LogP) is 3.04. The second-order valence-corrected chi connectivity index (χ2v) is 5.38. The first-order valence-electron chi connectivity index (χ1n) is 6.79. The first kappa shape index (κ1) is 14.1. The minimum absolute atomic E-state index is 0.0549. The summed E-state index contributed by atoms with van der Waals surface area (Å²) in [6.07, 6.45) is 3.44. The van der Waals surface area contributed by atoms with Crippen LogP contribution in [0.1, 0.15) is 36.7 Å². The van der Waals surface area contributed by atoms with E-state index in [0.717, 1.165) is 19.5 Å². The van der Waals surface area contributed by atoms with Crippen molar-refractivity contribution in [3.8, 4) is 0 Å². The Labute approximate surface area is 119 Å². The van der Waals surface area contributed by atoms with Crippen LogP contribution in [0.2, 0.25) is 5.02 Å². The summed E-state index contributed by atoms with van der Waals surface area (Å²) < 4.78 is 0. The Morgan fingerprint density at radius 2 is 2.37 bits per heavy atom. The number of aromatic nitrogens is 1. The van der Waals surface area contributed by atoms with E-state index < -0.39 is 0 Å². The maximum Gasteiger partial charge on any atom is 0.274 e. The molecule has 1 amide bonds. The van der Waals surface area contributed by atoms with E-state index in [-0.39, 0.29) is 5.91 Å². The van der Waals surface area contributed by atoms with Crippen molar-refractivity contribution in [2.75, 3.05) is 25.5 Å². The van der Waals surface area contributed by atoms with Crippen LogP contribution in [0.4, 0.5) is 5.82 Å². The van der Waals surface area contributed by atoms with E-state index in [0.29, 0.717) is 22.5 Å². The van der Waals surface area contributed by atoms with E-state index in [2.05, 4.69) is 17.2 Å². The fraction of sp³-hybridized carbons (Fsp3) is 0.571. The zero-order valence-electron chi connectivity index (χ0n) is 11.4. The molecule has 5 heteroatoms. The molecule has 1 saturated heterocycles. The second-order valence-electron chi connectivity index (χ2n) is 4.97. The molecule has 19 heavy (non-hydrogen) atoms. The molecule has 0 saturated carbocycles. The van der Waals surface area contributed by atoms with Crippen molar-refractivity contribution in [1.82, 2.24) is 9.88 Å². The zero-order chi connectivity index (χ0) is 13.8. The molecule has 4 nitrogen and oxygen atoms in total. The topological polar surface area (TPSA) is 45.2 Å². The van der Waals surface area contributed by atoms with E-state index in [4.69, 9.17) is 11.6 Å². The predicted molar refractivity (Wildman–Crippen MR) is 77.7 cm³/mol. The van der Waals surface area contributed by atoms with Gasteiger partial charge in [0, 0.05) is 20.1 Å². The molecule has 1 aromatic heterocycles. The highest BCUT2D eigenvalue weighted by atomic mass is 35.5. The highest BCUT2D eigenvalue weighted by Gasteiger charge is 2.28. The van der Waals surface area contributed by atoms with E-state index in [1.165, 1.54) is 12.8 Å². The largest absolute Gasteiger partial charge is 0.373 e. The molecule has 0 aromatic carbocycles. The van der Waals surface area contributed by atoms with Crippen LogP contribution >= 0.6 is 11.6 Å². The van der Waals surface area contributed by atoms with Gasteiger partial charge < -0.3 is 10.2 Å². The van der Waals surface area contributed by atoms with Crippen molar-refractivity contribution in [2.24, 2.45) is 5.92 Å². The summed E-state index contributed by atoms with van der Waals surface area (Å²) in [6, 6.07) is 3.48. The molecule has 0 bridgehead atoms. The molecule has 1 aliphatic rings. The summed E-state index contributed by atoms with van der Waals surface area (Å²) in [4.78, 5) is 18.6. The average Bonchev–Trinajstić information content (AvgIpc) is 2.88. The van der Waals surface area contributed by atoms with E-state index >= 15 is 0 Å². The fourth-order valence-electron chi connectivity index (χ4n) is 2.54. The summed E-state index contributed by atoms with van der Waals surface area (Å²) in [5.74, 6) is 1.23. The normalized spacial score (nSPS) is 18.7. The lowest BCUT2D eigenvalue weighted by atomic mass is 10.0. The number of nitrogens with zero attached hydrogens (tertiary/aromatic N) is 2. The van der Waals surface area contributed by atoms with Crippen molar-refractivity contribution >= 4 is 23.3 Å². The van der Waals surface area contributed by atoms with Crippen LogP contribution in [0.3, 0.4) is 0 Å². The Bertz CT molecular complexity index is 464. The molecule has 0 spiro atoms. The minimum Gasteiger partial charge on any atom is -0.373 e. The Hall–Kier alpha value is -1.29. The SMILES string of the molecule is CCCC1CCN(C(=O)c2nc(NC)ccc2Cl)C1. The number of halogens is 1. The summed E-state index contributed by atoms with van der Waals surface area (Å²) in [7, 11) is 1.78. The van der Waals surface area contributed by atoms with Gasteiger partial charge in [0.05, 0.1) is 5.02 Å². The number of likely N-dealkylation sites (tertiary alicyclic amines) is 1. The highest BCUT2D eigenvalue weighted by Crippen LogP contribution is 2.24. The number of rotatable bonds is 4. The van der Waals surface area contributed by atoms with Crippen molar-refractivity contribution in [3.63, 3.8) is 0 Å².